The number of nitrogens with zero attached hydrogens (tertiary/aromatic N) is 2. The molecular weight excluding hydrogens is 336 g/mol. The number of furan rings is 1. The Kier molecular flexibility index (Phi) is 5.45. The molecule has 0 atom stereocenters. The summed E-state index contributed by atoms with van der Waals surface area (Å²) in [4.78, 5) is 23.6. The highest BCUT2D eigenvalue weighted by Gasteiger charge is 2.08. The first kappa shape index (κ1) is 17.4. The molecule has 1 aromatic carbocycles. The molecule has 0 saturated heterocycles. The van der Waals surface area contributed by atoms with E-state index in [4.69, 9.17) is 9.15 Å². The molecule has 26 heavy (non-hydrogen) atoms. The van der Waals surface area contributed by atoms with Crippen LogP contribution in [0, 0.1) is 0 Å². The first-order valence-electron chi connectivity index (χ1n) is 7.90. The highest BCUT2D eigenvalue weighted by Crippen LogP contribution is 2.13. The van der Waals surface area contributed by atoms with Crippen molar-refractivity contribution in [2.24, 2.45) is 0 Å². The van der Waals surface area contributed by atoms with Gasteiger partial charge >= 0.3 is 0 Å². The highest BCUT2D eigenvalue weighted by molar-refractivity contribution is 5.94. The van der Waals surface area contributed by atoms with Crippen LogP contribution < -0.4 is 10.6 Å². The Morgan fingerprint density at radius 1 is 1.23 bits per heavy atom. The molecule has 0 aliphatic carbocycles. The molecule has 2 heterocycles. The molecule has 3 aromatic rings. The van der Waals surface area contributed by atoms with Crippen LogP contribution in [0.3, 0.4) is 0 Å². The standard InChI is InChI=1S/C18H18N4O4/c1-25-12-17(23)21-14-9-20-22(11-14)15-6-4-13(5-7-15)18(24)19-10-16-3-2-8-26-16/h2-9,11H,10,12H2,1H3,(H,19,24)(H,21,23). The van der Waals surface area contributed by atoms with Crippen LogP contribution in [0.4, 0.5) is 5.69 Å². The zero-order valence-electron chi connectivity index (χ0n) is 14.1. The molecule has 0 unspecified atom stereocenters. The number of carbonyl (C=O) groups is 2. The Labute approximate surface area is 149 Å². The molecule has 0 bridgehead atoms. The minimum absolute atomic E-state index is 0.0208. The Hall–Kier alpha value is -3.39. The van der Waals surface area contributed by atoms with E-state index in [0.717, 1.165) is 5.69 Å². The first-order valence-corrected chi connectivity index (χ1v) is 7.90. The summed E-state index contributed by atoms with van der Waals surface area (Å²) < 4.78 is 11.5. The van der Waals surface area contributed by atoms with Gasteiger partial charge in [-0.05, 0) is 36.4 Å². The van der Waals surface area contributed by atoms with Crippen molar-refractivity contribution < 1.29 is 18.7 Å². The average Bonchev–Trinajstić information content (AvgIpc) is 3.32. The van der Waals surface area contributed by atoms with Crippen LogP contribution >= 0.6 is 0 Å². The number of hydrogen-bond donors (Lipinski definition) is 2. The van der Waals surface area contributed by atoms with E-state index in [1.807, 2.05) is 0 Å². The third-order valence-corrected chi connectivity index (χ3v) is 3.54. The van der Waals surface area contributed by atoms with E-state index < -0.39 is 0 Å². The number of rotatable bonds is 7. The van der Waals surface area contributed by atoms with E-state index in [1.165, 1.54) is 13.3 Å². The number of anilines is 1. The molecule has 0 spiro atoms. The maximum absolute atomic E-state index is 12.1. The van der Waals surface area contributed by atoms with Gasteiger partial charge in [-0.3, -0.25) is 9.59 Å². The van der Waals surface area contributed by atoms with Gasteiger partial charge in [-0.25, -0.2) is 4.68 Å². The Morgan fingerprint density at radius 3 is 2.73 bits per heavy atom. The fraction of sp³-hybridized carbons (Fsp3) is 0.167. The number of methoxy groups -OCH3 is 1. The van der Waals surface area contributed by atoms with Crippen LogP contribution in [-0.2, 0) is 16.1 Å². The lowest BCUT2D eigenvalue weighted by Gasteiger charge is -2.05. The largest absolute Gasteiger partial charge is 0.467 e. The normalized spacial score (nSPS) is 10.5. The van der Waals surface area contributed by atoms with E-state index in [2.05, 4.69) is 15.7 Å². The fourth-order valence-corrected chi connectivity index (χ4v) is 2.30. The van der Waals surface area contributed by atoms with Crippen molar-refractivity contribution in [3.05, 3.63) is 66.4 Å². The van der Waals surface area contributed by atoms with E-state index in [9.17, 15) is 9.59 Å². The van der Waals surface area contributed by atoms with Crippen molar-refractivity contribution in [3.8, 4) is 5.69 Å². The zero-order chi connectivity index (χ0) is 18.4. The lowest BCUT2D eigenvalue weighted by Crippen LogP contribution is -2.22. The Balaban J connectivity index is 1.61. The van der Waals surface area contributed by atoms with Gasteiger partial charge in [0.1, 0.15) is 12.4 Å². The first-order chi connectivity index (χ1) is 12.7. The molecule has 2 N–H and O–H groups in total. The molecule has 0 fully saturated rings. The summed E-state index contributed by atoms with van der Waals surface area (Å²) >= 11 is 0. The van der Waals surface area contributed by atoms with Gasteiger partial charge in [0.25, 0.3) is 5.91 Å². The number of amides is 2. The van der Waals surface area contributed by atoms with Crippen LogP contribution in [0.5, 0.6) is 0 Å². The smallest absolute Gasteiger partial charge is 0.251 e. The van der Waals surface area contributed by atoms with Gasteiger partial charge < -0.3 is 19.8 Å². The van der Waals surface area contributed by atoms with Crippen molar-refractivity contribution in [3.63, 3.8) is 0 Å². The summed E-state index contributed by atoms with van der Waals surface area (Å²) in [6, 6.07) is 10.5. The van der Waals surface area contributed by atoms with Crippen molar-refractivity contribution in [2.45, 2.75) is 6.54 Å². The zero-order valence-corrected chi connectivity index (χ0v) is 14.1. The molecule has 2 amide bonds. The van der Waals surface area contributed by atoms with Gasteiger partial charge in [0, 0.05) is 12.7 Å². The Morgan fingerprint density at radius 2 is 2.04 bits per heavy atom. The molecule has 134 valence electrons. The number of ether oxygens (including phenoxy) is 1. The van der Waals surface area contributed by atoms with Crippen molar-refractivity contribution >= 4 is 17.5 Å². The summed E-state index contributed by atoms with van der Waals surface area (Å²) in [7, 11) is 1.45. The summed E-state index contributed by atoms with van der Waals surface area (Å²) in [5, 5.41) is 9.65. The van der Waals surface area contributed by atoms with Crippen molar-refractivity contribution in [1.82, 2.24) is 15.1 Å². The number of hydrogen-bond acceptors (Lipinski definition) is 5. The van der Waals surface area contributed by atoms with Gasteiger partial charge in [0.15, 0.2) is 0 Å². The van der Waals surface area contributed by atoms with Crippen LogP contribution in [-0.4, -0.2) is 35.3 Å². The van der Waals surface area contributed by atoms with E-state index in [-0.39, 0.29) is 18.4 Å². The summed E-state index contributed by atoms with van der Waals surface area (Å²) in [5.41, 5.74) is 1.85. The topological polar surface area (TPSA) is 98.4 Å². The molecule has 0 saturated carbocycles. The molecular formula is C18H18N4O4. The van der Waals surface area contributed by atoms with Gasteiger partial charge in [-0.2, -0.15) is 5.10 Å². The number of aromatic nitrogens is 2. The van der Waals surface area contributed by atoms with Crippen LogP contribution in [0.2, 0.25) is 0 Å². The number of nitrogens with one attached hydrogen (secondary N) is 2. The lowest BCUT2D eigenvalue weighted by molar-refractivity contribution is -0.119. The summed E-state index contributed by atoms with van der Waals surface area (Å²) in [6.45, 7) is 0.310. The molecule has 0 aliphatic rings. The predicted octanol–water partition coefficient (Wildman–Crippen LogP) is 1.98. The SMILES string of the molecule is COCC(=O)Nc1cnn(-c2ccc(C(=O)NCc3ccco3)cc2)c1. The lowest BCUT2D eigenvalue weighted by atomic mass is 10.2. The second kappa shape index (κ2) is 8.13. The van der Waals surface area contributed by atoms with E-state index in [0.29, 0.717) is 23.6 Å². The minimum atomic E-state index is -0.254. The van der Waals surface area contributed by atoms with Crippen molar-refractivity contribution in [2.75, 3.05) is 19.0 Å². The fourth-order valence-electron chi connectivity index (χ4n) is 2.30. The Bertz CT molecular complexity index is 869. The summed E-state index contributed by atoms with van der Waals surface area (Å²) in [6.07, 6.45) is 4.78. The highest BCUT2D eigenvalue weighted by atomic mass is 16.5. The third-order valence-electron chi connectivity index (χ3n) is 3.54. The second-order valence-electron chi connectivity index (χ2n) is 5.46. The predicted molar refractivity (Wildman–Crippen MR) is 93.9 cm³/mol. The summed E-state index contributed by atoms with van der Waals surface area (Å²) in [5.74, 6) is 0.242. The third kappa shape index (κ3) is 4.37. The molecule has 3 rings (SSSR count). The maximum Gasteiger partial charge on any atom is 0.251 e. The minimum Gasteiger partial charge on any atom is -0.467 e. The van der Waals surface area contributed by atoms with Gasteiger partial charge in [-0.1, -0.05) is 0 Å². The quantitative estimate of drug-likeness (QED) is 0.676. The van der Waals surface area contributed by atoms with E-state index >= 15 is 0 Å². The van der Waals surface area contributed by atoms with Gasteiger partial charge in [0.2, 0.25) is 5.91 Å². The van der Waals surface area contributed by atoms with Gasteiger partial charge in [0.05, 0.1) is 36.6 Å². The van der Waals surface area contributed by atoms with Crippen LogP contribution in [0.1, 0.15) is 16.1 Å². The number of carbonyl (C=O) groups excluding carboxylic acids is 2. The monoisotopic (exact) mass is 354 g/mol. The average molecular weight is 354 g/mol. The second-order valence-corrected chi connectivity index (χ2v) is 5.46. The van der Waals surface area contributed by atoms with Gasteiger partial charge in [-0.15, -0.1) is 0 Å². The van der Waals surface area contributed by atoms with Crippen LogP contribution in [0.25, 0.3) is 5.69 Å². The van der Waals surface area contributed by atoms with Crippen molar-refractivity contribution in [1.29, 1.82) is 0 Å². The molecule has 8 nitrogen and oxygen atoms in total. The number of benzene rings is 1. The molecule has 0 radical (unpaired) electrons. The molecule has 8 heteroatoms. The molecule has 0 aliphatic heterocycles. The maximum atomic E-state index is 12.1. The van der Waals surface area contributed by atoms with E-state index in [1.54, 1.807) is 53.5 Å². The molecule has 2 aromatic heterocycles. The van der Waals surface area contributed by atoms with Crippen LogP contribution in [0.15, 0.2) is 59.5 Å².